The number of allylic oxidation sites excluding steroid dienone is 2. The summed E-state index contributed by atoms with van der Waals surface area (Å²) in [6, 6.07) is 7.38. The van der Waals surface area contributed by atoms with Gasteiger partial charge in [0.2, 0.25) is 4.93 Å². The van der Waals surface area contributed by atoms with Crippen molar-refractivity contribution in [2.24, 2.45) is 5.92 Å². The third-order valence-electron chi connectivity index (χ3n) is 7.56. The Morgan fingerprint density at radius 2 is 2.07 bits per heavy atom. The van der Waals surface area contributed by atoms with Gasteiger partial charge in [-0.25, -0.2) is 0 Å². The summed E-state index contributed by atoms with van der Waals surface area (Å²) in [6.07, 6.45) is 15.7. The van der Waals surface area contributed by atoms with Crippen molar-refractivity contribution in [3.05, 3.63) is 47.6 Å². The van der Waals surface area contributed by atoms with Crippen LogP contribution >= 0.6 is 11.8 Å². The van der Waals surface area contributed by atoms with Gasteiger partial charge in [0, 0.05) is 11.5 Å². The van der Waals surface area contributed by atoms with Gasteiger partial charge in [0.25, 0.3) is 0 Å². The summed E-state index contributed by atoms with van der Waals surface area (Å²) in [5, 5.41) is 0. The van der Waals surface area contributed by atoms with Crippen LogP contribution in [-0.2, 0) is 10.2 Å². The third kappa shape index (κ3) is 2.64. The minimum atomic E-state index is -0.152. The van der Waals surface area contributed by atoms with Crippen molar-refractivity contribution in [3.8, 4) is 5.75 Å². The Morgan fingerprint density at radius 3 is 2.86 bits per heavy atom. The van der Waals surface area contributed by atoms with Crippen molar-refractivity contribution in [3.63, 3.8) is 0 Å². The molecule has 1 saturated carbocycles. The van der Waals surface area contributed by atoms with Gasteiger partial charge in [-0.1, -0.05) is 67.3 Å². The average molecular weight is 396 g/mol. The summed E-state index contributed by atoms with van der Waals surface area (Å²) in [4.78, 5) is 3.69. The number of thioether (sulfide) groups is 1. The smallest absolute Gasteiger partial charge is 0.205 e. The van der Waals surface area contributed by atoms with E-state index in [4.69, 9.17) is 9.47 Å². The van der Waals surface area contributed by atoms with Crippen molar-refractivity contribution < 1.29 is 9.47 Å². The van der Waals surface area contributed by atoms with E-state index in [2.05, 4.69) is 48.4 Å². The topological polar surface area (TPSA) is 21.7 Å². The molecule has 1 aromatic carbocycles. The third-order valence-corrected chi connectivity index (χ3v) is 8.79. The van der Waals surface area contributed by atoms with E-state index in [1.54, 1.807) is 5.57 Å². The number of ether oxygens (including phenoxy) is 2. The molecule has 2 saturated heterocycles. The summed E-state index contributed by atoms with van der Waals surface area (Å²) < 4.78 is 11.6. The summed E-state index contributed by atoms with van der Waals surface area (Å²) in [5.74, 6) is 1.94. The number of hydrogen-bond acceptors (Lipinski definition) is 4. The first-order valence-electron chi connectivity index (χ1n) is 10.9. The molecule has 4 heteroatoms. The van der Waals surface area contributed by atoms with Crippen molar-refractivity contribution in [1.29, 1.82) is 0 Å². The van der Waals surface area contributed by atoms with Crippen LogP contribution in [0.3, 0.4) is 0 Å². The quantitative estimate of drug-likeness (QED) is 0.724. The SMILES string of the molecule is CN1CC[C@]2(c3ccc4c(c3)SC3(COC3)O4)C=CC(CC3CCCC3)=C[C@H]12. The molecule has 2 atom stereocenters. The van der Waals surface area contributed by atoms with Crippen LogP contribution in [-0.4, -0.2) is 42.7 Å². The second-order valence-electron chi connectivity index (χ2n) is 9.41. The summed E-state index contributed by atoms with van der Waals surface area (Å²) in [5.41, 5.74) is 3.11. The fourth-order valence-electron chi connectivity index (χ4n) is 5.88. The normalized spacial score (nSPS) is 33.5. The van der Waals surface area contributed by atoms with Gasteiger partial charge in [-0.3, -0.25) is 4.90 Å². The Balaban J connectivity index is 1.30. The molecule has 28 heavy (non-hydrogen) atoms. The second kappa shape index (κ2) is 6.38. The van der Waals surface area contributed by atoms with Crippen molar-refractivity contribution in [2.45, 2.75) is 59.8 Å². The first-order valence-corrected chi connectivity index (χ1v) is 11.7. The monoisotopic (exact) mass is 395 g/mol. The predicted molar refractivity (Wildman–Crippen MR) is 113 cm³/mol. The first kappa shape index (κ1) is 17.6. The number of rotatable bonds is 3. The predicted octanol–water partition coefficient (Wildman–Crippen LogP) is 4.92. The van der Waals surface area contributed by atoms with E-state index >= 15 is 0 Å². The highest BCUT2D eigenvalue weighted by atomic mass is 32.2. The maximum absolute atomic E-state index is 6.19. The molecule has 0 aromatic heterocycles. The molecule has 0 unspecified atom stereocenters. The van der Waals surface area contributed by atoms with Crippen molar-refractivity contribution >= 4 is 11.8 Å². The molecule has 3 aliphatic heterocycles. The molecule has 2 aliphatic carbocycles. The van der Waals surface area contributed by atoms with Crippen LogP contribution < -0.4 is 4.74 Å². The zero-order valence-corrected chi connectivity index (χ0v) is 17.5. The van der Waals surface area contributed by atoms with Crippen LogP contribution in [0.2, 0.25) is 0 Å². The van der Waals surface area contributed by atoms with Crippen molar-refractivity contribution in [2.75, 3.05) is 26.8 Å². The second-order valence-corrected chi connectivity index (χ2v) is 10.8. The average Bonchev–Trinajstić information content (AvgIpc) is 3.39. The lowest BCUT2D eigenvalue weighted by Gasteiger charge is -2.37. The number of hydrogen-bond donors (Lipinski definition) is 0. The molecule has 0 bridgehead atoms. The van der Waals surface area contributed by atoms with Gasteiger partial charge in [-0.05, 0) is 50.0 Å². The molecular weight excluding hydrogens is 366 g/mol. The number of nitrogens with zero attached hydrogens (tertiary/aromatic N) is 1. The molecule has 1 aromatic rings. The summed E-state index contributed by atoms with van der Waals surface area (Å²) in [6.45, 7) is 2.55. The van der Waals surface area contributed by atoms with Crippen molar-refractivity contribution in [1.82, 2.24) is 4.90 Å². The number of benzene rings is 1. The van der Waals surface area contributed by atoms with Gasteiger partial charge in [0.05, 0.1) is 18.1 Å². The Labute approximate surface area is 172 Å². The van der Waals surface area contributed by atoms with Crippen LogP contribution in [0, 0.1) is 5.92 Å². The zero-order chi connectivity index (χ0) is 18.8. The molecule has 0 radical (unpaired) electrons. The Morgan fingerprint density at radius 1 is 1.21 bits per heavy atom. The number of fused-ring (bicyclic) bond motifs is 2. The molecule has 0 amide bonds. The van der Waals surface area contributed by atoms with E-state index in [0.29, 0.717) is 19.3 Å². The van der Waals surface area contributed by atoms with E-state index in [1.807, 2.05) is 11.8 Å². The molecule has 0 N–H and O–H groups in total. The Hall–Kier alpha value is -1.23. The lowest BCUT2D eigenvalue weighted by molar-refractivity contribution is -0.0997. The van der Waals surface area contributed by atoms with Crippen LogP contribution in [0.25, 0.3) is 0 Å². The molecule has 148 valence electrons. The molecule has 1 spiro atoms. The van der Waals surface area contributed by atoms with Gasteiger partial charge in [-0.2, -0.15) is 0 Å². The molecular formula is C24H29NO2S. The Kier molecular flexibility index (Phi) is 4.02. The molecule has 3 heterocycles. The van der Waals surface area contributed by atoms with E-state index < -0.39 is 0 Å². The minimum absolute atomic E-state index is 0.107. The van der Waals surface area contributed by atoms with Crippen LogP contribution in [0.1, 0.15) is 44.1 Å². The minimum Gasteiger partial charge on any atom is -0.470 e. The van der Waals surface area contributed by atoms with Gasteiger partial charge in [0.15, 0.2) is 0 Å². The largest absolute Gasteiger partial charge is 0.470 e. The maximum Gasteiger partial charge on any atom is 0.205 e. The standard InChI is InChI=1S/C24H29NO2S/c1-25-11-10-23(9-8-18(13-22(23)25)12-17-4-2-3-5-17)19-6-7-20-21(14-19)28-24(27-20)15-26-16-24/h6-9,13-14,17,22H,2-5,10-12,15-16H2,1H3/t22-,23-/m0/s1. The van der Waals surface area contributed by atoms with Gasteiger partial charge in [0.1, 0.15) is 5.75 Å². The van der Waals surface area contributed by atoms with Crippen LogP contribution in [0.4, 0.5) is 0 Å². The summed E-state index contributed by atoms with van der Waals surface area (Å²) in [7, 11) is 2.29. The van der Waals surface area contributed by atoms with Gasteiger partial charge in [-0.15, -0.1) is 0 Å². The fraction of sp³-hybridized carbons (Fsp3) is 0.583. The molecule has 6 rings (SSSR count). The zero-order valence-electron chi connectivity index (χ0n) is 16.7. The van der Waals surface area contributed by atoms with Gasteiger partial charge < -0.3 is 9.47 Å². The molecule has 3 fully saturated rings. The van der Waals surface area contributed by atoms with E-state index in [-0.39, 0.29) is 10.3 Å². The Bertz CT molecular complexity index is 852. The highest BCUT2D eigenvalue weighted by molar-refractivity contribution is 8.01. The van der Waals surface area contributed by atoms with Crippen LogP contribution in [0.5, 0.6) is 5.75 Å². The highest BCUT2D eigenvalue weighted by Gasteiger charge is 2.50. The lowest BCUT2D eigenvalue weighted by atomic mass is 9.70. The number of likely N-dealkylation sites (tertiary alicyclic amines) is 1. The molecule has 3 nitrogen and oxygen atoms in total. The molecule has 5 aliphatic rings. The fourth-order valence-corrected chi connectivity index (χ4v) is 7.09. The van der Waals surface area contributed by atoms with E-state index in [1.165, 1.54) is 49.0 Å². The van der Waals surface area contributed by atoms with Gasteiger partial charge >= 0.3 is 0 Å². The number of likely N-dealkylation sites (N-methyl/N-ethyl adjacent to an activating group) is 1. The van der Waals surface area contributed by atoms with Crippen LogP contribution in [0.15, 0.2) is 46.9 Å². The highest BCUT2D eigenvalue weighted by Crippen LogP contribution is 2.53. The summed E-state index contributed by atoms with van der Waals surface area (Å²) >= 11 is 1.86. The first-order chi connectivity index (χ1) is 13.7. The lowest BCUT2D eigenvalue weighted by Crippen LogP contribution is -2.49. The maximum atomic E-state index is 6.19. The van der Waals surface area contributed by atoms with E-state index in [0.717, 1.165) is 18.2 Å². The van der Waals surface area contributed by atoms with E-state index in [9.17, 15) is 0 Å².